The molecule has 0 fully saturated rings. The molecule has 4 heteroatoms. The molecule has 1 N–H and O–H groups in total. The topological polar surface area (TPSA) is 47.2 Å². The molecule has 3 nitrogen and oxygen atoms in total. The Morgan fingerprint density at radius 1 is 1.62 bits per heavy atom. The van der Waals surface area contributed by atoms with Gasteiger partial charge in [0.2, 0.25) is 5.03 Å². The molecule has 0 spiro atoms. The fourth-order valence-corrected chi connectivity index (χ4v) is 2.51. The second-order valence-electron chi connectivity index (χ2n) is 3.22. The third kappa shape index (κ3) is 1.51. The maximum atomic E-state index is 11.4. The Kier molecular flexibility index (Phi) is 2.17. The van der Waals surface area contributed by atoms with Gasteiger partial charge >= 0.3 is 0 Å². The highest BCUT2D eigenvalue weighted by atomic mass is 32.2. The van der Waals surface area contributed by atoms with Crippen molar-refractivity contribution in [2.75, 3.05) is 5.75 Å². The van der Waals surface area contributed by atoms with Crippen LogP contribution < -0.4 is 9.67 Å². The molecule has 0 aliphatic carbocycles. The number of aryl methyl sites for hydroxylation is 1. The molecular weight excluding hydrogens is 186 g/mol. The molecule has 0 aromatic carbocycles. The summed E-state index contributed by atoms with van der Waals surface area (Å²) in [6, 6.07) is 3.39. The van der Waals surface area contributed by atoms with Gasteiger partial charge in [-0.05, 0) is 5.75 Å². The lowest BCUT2D eigenvalue weighted by atomic mass is 10.3. The molecule has 1 aliphatic rings. The molecule has 1 atom stereocenters. The molecule has 0 bridgehead atoms. The molecule has 0 saturated heterocycles. The summed E-state index contributed by atoms with van der Waals surface area (Å²) in [7, 11) is 0. The second kappa shape index (κ2) is 3.20. The van der Waals surface area contributed by atoms with Crippen LogP contribution in [0.4, 0.5) is 0 Å². The Labute approximate surface area is 81.0 Å². The molecule has 2 rings (SSSR count). The lowest BCUT2D eigenvalue weighted by Crippen LogP contribution is -2.48. The molecule has 0 radical (unpaired) electrons. The molecule has 1 unspecified atom stereocenters. The van der Waals surface area contributed by atoms with Crippen LogP contribution in [0.2, 0.25) is 0 Å². The molecule has 1 aromatic heterocycles. The molecular formula is C9H11NO2S. The average molecular weight is 197 g/mol. The summed E-state index contributed by atoms with van der Waals surface area (Å²) < 4.78 is 1.89. The number of pyridine rings is 1. The monoisotopic (exact) mass is 197 g/mol. The summed E-state index contributed by atoms with van der Waals surface area (Å²) in [5, 5.41) is 21.6. The summed E-state index contributed by atoms with van der Waals surface area (Å²) >= 11 is 1.44. The van der Waals surface area contributed by atoms with E-state index in [1.165, 1.54) is 11.8 Å². The number of aliphatic hydroxyl groups excluding tert-OH is 1. The Balaban J connectivity index is 2.51. The Hall–Kier alpha value is -0.740. The van der Waals surface area contributed by atoms with Gasteiger partial charge in [-0.1, -0.05) is 17.8 Å². The number of hydrogen-bond donors (Lipinski definition) is 1. The Morgan fingerprint density at radius 3 is 3.15 bits per heavy atom. The average Bonchev–Trinajstić information content (AvgIpc) is 2.12. The van der Waals surface area contributed by atoms with Gasteiger partial charge in [-0.15, -0.1) is 0 Å². The minimum absolute atomic E-state index is 0.0579. The van der Waals surface area contributed by atoms with Gasteiger partial charge in [0.05, 0.1) is 0 Å². The van der Waals surface area contributed by atoms with Gasteiger partial charge in [0.1, 0.15) is 6.10 Å². The van der Waals surface area contributed by atoms with E-state index in [4.69, 9.17) is 0 Å². The number of aromatic nitrogens is 1. The zero-order valence-corrected chi connectivity index (χ0v) is 8.17. The summed E-state index contributed by atoms with van der Waals surface area (Å²) in [5.41, 5.74) is 1.03. The largest absolute Gasteiger partial charge is 0.868 e. The van der Waals surface area contributed by atoms with E-state index in [2.05, 4.69) is 0 Å². The smallest absolute Gasteiger partial charge is 0.232 e. The summed E-state index contributed by atoms with van der Waals surface area (Å²) in [6.07, 6.45) is -0.331. The first-order chi connectivity index (χ1) is 6.18. The number of thioether (sulfide) groups is 1. The molecule has 13 heavy (non-hydrogen) atoms. The van der Waals surface area contributed by atoms with Crippen molar-refractivity contribution in [1.82, 2.24) is 0 Å². The van der Waals surface area contributed by atoms with E-state index < -0.39 is 0 Å². The number of fused-ring (bicyclic) bond motifs is 1. The fourth-order valence-electron chi connectivity index (χ4n) is 1.47. The van der Waals surface area contributed by atoms with Crippen LogP contribution in [0.15, 0.2) is 17.2 Å². The highest BCUT2D eigenvalue weighted by Gasteiger charge is 2.25. The van der Waals surface area contributed by atoms with Crippen LogP contribution in [0.3, 0.4) is 0 Å². The van der Waals surface area contributed by atoms with Gasteiger partial charge in [-0.2, -0.15) is 4.57 Å². The Bertz CT molecular complexity index is 341. The lowest BCUT2D eigenvalue weighted by Gasteiger charge is -2.19. The summed E-state index contributed by atoms with van der Waals surface area (Å²) in [6.45, 7) is 2.49. The second-order valence-corrected chi connectivity index (χ2v) is 4.23. The first-order valence-corrected chi connectivity index (χ1v) is 5.18. The molecule has 0 amide bonds. The molecule has 0 saturated carbocycles. The predicted octanol–water partition coefficient (Wildman–Crippen LogP) is -0.177. The third-order valence-corrected chi connectivity index (χ3v) is 3.41. The lowest BCUT2D eigenvalue weighted by molar-refractivity contribution is -0.748. The standard InChI is InChI=1S/C9H11NO2S/c1-6-2-3-8(12)9-10(6)4-7(11)5-13-9/h2-3,7,11H,4-5H2,1H3. The molecule has 2 heterocycles. The molecule has 1 aliphatic heterocycles. The zero-order chi connectivity index (χ0) is 9.42. The molecule has 1 aromatic rings. The van der Waals surface area contributed by atoms with Crippen molar-refractivity contribution in [3.63, 3.8) is 0 Å². The van der Waals surface area contributed by atoms with Gasteiger partial charge in [0, 0.05) is 18.7 Å². The summed E-state index contributed by atoms with van der Waals surface area (Å²) in [4.78, 5) is 0. The third-order valence-electron chi connectivity index (χ3n) is 2.16. The van der Waals surface area contributed by atoms with E-state index in [1.807, 2.05) is 11.5 Å². The highest BCUT2D eigenvalue weighted by molar-refractivity contribution is 7.99. The quantitative estimate of drug-likeness (QED) is 0.587. The van der Waals surface area contributed by atoms with Crippen LogP contribution in [0.5, 0.6) is 5.75 Å². The van der Waals surface area contributed by atoms with Gasteiger partial charge in [-0.25, -0.2) is 0 Å². The zero-order valence-electron chi connectivity index (χ0n) is 7.36. The minimum atomic E-state index is -0.331. The molecule has 70 valence electrons. The Morgan fingerprint density at radius 2 is 2.38 bits per heavy atom. The SMILES string of the molecule is Cc1ccc([O-])c2[n+]1CC(O)CS2. The van der Waals surface area contributed by atoms with E-state index in [0.717, 1.165) is 10.7 Å². The van der Waals surface area contributed by atoms with Crippen molar-refractivity contribution >= 4 is 11.8 Å². The van der Waals surface area contributed by atoms with Crippen LogP contribution in [0.1, 0.15) is 5.69 Å². The van der Waals surface area contributed by atoms with Gasteiger partial charge in [-0.3, -0.25) is 0 Å². The van der Waals surface area contributed by atoms with E-state index >= 15 is 0 Å². The van der Waals surface area contributed by atoms with Crippen LogP contribution in [0.25, 0.3) is 0 Å². The first-order valence-electron chi connectivity index (χ1n) is 4.20. The number of nitrogens with zero attached hydrogens (tertiary/aromatic N) is 1. The van der Waals surface area contributed by atoms with Gasteiger partial charge in [0.25, 0.3) is 0 Å². The number of hydrogen-bond acceptors (Lipinski definition) is 3. The normalized spacial score (nSPS) is 21.2. The summed E-state index contributed by atoms with van der Waals surface area (Å²) in [5.74, 6) is 0.682. The number of aliphatic hydroxyl groups is 1. The van der Waals surface area contributed by atoms with Crippen molar-refractivity contribution in [1.29, 1.82) is 0 Å². The van der Waals surface area contributed by atoms with E-state index in [9.17, 15) is 10.2 Å². The first kappa shape index (κ1) is 8.84. The van der Waals surface area contributed by atoms with E-state index in [1.54, 1.807) is 12.1 Å². The van der Waals surface area contributed by atoms with Gasteiger partial charge in [0.15, 0.2) is 12.2 Å². The highest BCUT2D eigenvalue weighted by Crippen LogP contribution is 2.26. The fraction of sp³-hybridized carbons (Fsp3) is 0.444. The maximum absolute atomic E-state index is 11.4. The van der Waals surface area contributed by atoms with Crippen molar-refractivity contribution < 1.29 is 14.8 Å². The van der Waals surface area contributed by atoms with Crippen molar-refractivity contribution in [3.8, 4) is 5.75 Å². The van der Waals surface area contributed by atoms with Crippen LogP contribution in [-0.4, -0.2) is 17.0 Å². The minimum Gasteiger partial charge on any atom is -0.868 e. The van der Waals surface area contributed by atoms with Gasteiger partial charge < -0.3 is 10.2 Å². The van der Waals surface area contributed by atoms with E-state index in [-0.39, 0.29) is 11.9 Å². The van der Waals surface area contributed by atoms with Crippen LogP contribution in [0, 0.1) is 6.92 Å². The van der Waals surface area contributed by atoms with Crippen LogP contribution in [-0.2, 0) is 6.54 Å². The predicted molar refractivity (Wildman–Crippen MR) is 47.6 cm³/mol. The number of rotatable bonds is 0. The van der Waals surface area contributed by atoms with Crippen molar-refractivity contribution in [2.45, 2.75) is 24.6 Å². The van der Waals surface area contributed by atoms with Crippen molar-refractivity contribution in [2.24, 2.45) is 0 Å². The van der Waals surface area contributed by atoms with Crippen LogP contribution >= 0.6 is 11.8 Å². The van der Waals surface area contributed by atoms with E-state index in [0.29, 0.717) is 12.3 Å². The maximum Gasteiger partial charge on any atom is 0.232 e. The van der Waals surface area contributed by atoms with Crippen molar-refractivity contribution in [3.05, 3.63) is 17.8 Å².